The van der Waals surface area contributed by atoms with Gasteiger partial charge in [-0.3, -0.25) is 9.54 Å². The number of nitrogens with two attached hydrogens (primary N) is 1. The smallest absolute Gasteiger partial charge is 0.295 e. The van der Waals surface area contributed by atoms with Gasteiger partial charge in [0.05, 0.1) is 0 Å². The molecular formula is C22H18N6O4S. The van der Waals surface area contributed by atoms with E-state index in [-0.39, 0.29) is 21.7 Å². The van der Waals surface area contributed by atoms with Crippen LogP contribution in [0.15, 0.2) is 105 Å². The Labute approximate surface area is 189 Å². The van der Waals surface area contributed by atoms with Crippen molar-refractivity contribution < 1.29 is 17.7 Å². The first-order valence-electron chi connectivity index (χ1n) is 9.64. The van der Waals surface area contributed by atoms with Gasteiger partial charge in [-0.05, 0) is 35.9 Å². The predicted octanol–water partition coefficient (Wildman–Crippen LogP) is 5.43. The number of azo groups is 1. The van der Waals surface area contributed by atoms with Crippen LogP contribution in [-0.2, 0) is 16.7 Å². The highest BCUT2D eigenvalue weighted by molar-refractivity contribution is 7.86. The number of pyridine rings is 1. The third-order valence-electron chi connectivity index (χ3n) is 4.67. The van der Waals surface area contributed by atoms with E-state index in [4.69, 9.17) is 10.6 Å². The summed E-state index contributed by atoms with van der Waals surface area (Å²) in [6, 6.07) is 18.3. The third-order valence-corrected chi connectivity index (χ3v) is 5.56. The fourth-order valence-corrected chi connectivity index (χ4v) is 3.89. The van der Waals surface area contributed by atoms with Crippen molar-refractivity contribution in [2.75, 3.05) is 0 Å². The summed E-state index contributed by atoms with van der Waals surface area (Å²) in [7, 11) is -4.55. The van der Waals surface area contributed by atoms with Gasteiger partial charge in [-0.2, -0.15) is 8.42 Å². The fraction of sp³-hybridized carbons (Fsp3) is 0.0455. The van der Waals surface area contributed by atoms with E-state index < -0.39 is 10.1 Å². The van der Waals surface area contributed by atoms with E-state index in [1.807, 2.05) is 12.1 Å². The highest BCUT2D eigenvalue weighted by Crippen LogP contribution is 2.41. The molecule has 0 atom stereocenters. The number of hydrogen-bond donors (Lipinski definition) is 2. The SMILES string of the molecule is NN=Nc1c(N=Nc2ccccc2OCc2ccncc2)cc(S(=O)(=O)O)c2ccccc12. The molecule has 4 aromatic rings. The first-order valence-corrected chi connectivity index (χ1v) is 11.1. The highest BCUT2D eigenvalue weighted by atomic mass is 32.2. The lowest BCUT2D eigenvalue weighted by molar-refractivity contribution is 0.307. The van der Waals surface area contributed by atoms with Crippen LogP contribution in [0.25, 0.3) is 10.8 Å². The molecule has 0 aliphatic rings. The Morgan fingerprint density at radius 1 is 0.879 bits per heavy atom. The van der Waals surface area contributed by atoms with Crippen LogP contribution in [-0.4, -0.2) is 18.0 Å². The minimum atomic E-state index is -4.55. The molecule has 0 unspecified atom stereocenters. The van der Waals surface area contributed by atoms with Crippen LogP contribution in [0.2, 0.25) is 0 Å². The molecule has 4 rings (SSSR count). The lowest BCUT2D eigenvalue weighted by Gasteiger charge is -2.10. The summed E-state index contributed by atoms with van der Waals surface area (Å²) in [6.07, 6.45) is 3.34. The van der Waals surface area contributed by atoms with Crippen molar-refractivity contribution in [3.8, 4) is 5.75 Å². The Hall–Kier alpha value is -4.22. The second-order valence-corrected chi connectivity index (χ2v) is 8.18. The Morgan fingerprint density at radius 3 is 2.27 bits per heavy atom. The molecule has 0 radical (unpaired) electrons. The molecule has 0 bridgehead atoms. The number of rotatable bonds is 7. The zero-order valence-corrected chi connectivity index (χ0v) is 17.9. The quantitative estimate of drug-likeness (QED) is 0.162. The molecule has 10 nitrogen and oxygen atoms in total. The maximum absolute atomic E-state index is 12.0. The van der Waals surface area contributed by atoms with Gasteiger partial charge < -0.3 is 10.6 Å². The molecule has 0 saturated carbocycles. The van der Waals surface area contributed by atoms with Gasteiger partial charge in [-0.15, -0.1) is 15.3 Å². The van der Waals surface area contributed by atoms with E-state index in [2.05, 4.69) is 25.5 Å². The summed E-state index contributed by atoms with van der Waals surface area (Å²) in [5, 5.41) is 16.3. The number of nitrogens with zero attached hydrogens (tertiary/aromatic N) is 5. The molecule has 0 fully saturated rings. The summed E-state index contributed by atoms with van der Waals surface area (Å²) in [4.78, 5) is 3.65. The van der Waals surface area contributed by atoms with Crippen LogP contribution in [0.1, 0.15) is 5.56 Å². The normalized spacial score (nSPS) is 12.0. The molecule has 3 aromatic carbocycles. The lowest BCUT2D eigenvalue weighted by atomic mass is 10.1. The van der Waals surface area contributed by atoms with Gasteiger partial charge in [0.15, 0.2) is 0 Å². The van der Waals surface area contributed by atoms with Gasteiger partial charge in [0.25, 0.3) is 10.1 Å². The fourth-order valence-electron chi connectivity index (χ4n) is 3.17. The number of benzene rings is 3. The van der Waals surface area contributed by atoms with E-state index >= 15 is 0 Å². The molecular weight excluding hydrogens is 444 g/mol. The van der Waals surface area contributed by atoms with Crippen LogP contribution in [0.3, 0.4) is 0 Å². The Balaban J connectivity index is 1.77. The molecule has 0 aliphatic carbocycles. The molecule has 1 heterocycles. The van der Waals surface area contributed by atoms with Crippen molar-refractivity contribution in [1.82, 2.24) is 4.98 Å². The van der Waals surface area contributed by atoms with Gasteiger partial charge >= 0.3 is 0 Å². The van der Waals surface area contributed by atoms with Crippen LogP contribution in [0.4, 0.5) is 17.1 Å². The number of ether oxygens (including phenoxy) is 1. The van der Waals surface area contributed by atoms with Crippen molar-refractivity contribution >= 4 is 38.0 Å². The van der Waals surface area contributed by atoms with Crippen molar-refractivity contribution in [3.63, 3.8) is 0 Å². The minimum Gasteiger partial charge on any atom is -0.487 e. The lowest BCUT2D eigenvalue weighted by Crippen LogP contribution is -1.99. The van der Waals surface area contributed by atoms with Crippen molar-refractivity contribution in [2.45, 2.75) is 11.5 Å². The van der Waals surface area contributed by atoms with Crippen LogP contribution in [0, 0.1) is 0 Å². The monoisotopic (exact) mass is 462 g/mol. The van der Waals surface area contributed by atoms with Crippen LogP contribution >= 0.6 is 0 Å². The molecule has 0 saturated heterocycles. The zero-order chi connectivity index (χ0) is 23.3. The van der Waals surface area contributed by atoms with Gasteiger partial charge in [0.1, 0.15) is 34.3 Å². The standard InChI is InChI=1S/C22H18N6O4S/c23-28-27-22-17-6-2-1-5-16(17)21(33(29,30)31)13-19(22)26-25-18-7-3-4-8-20(18)32-14-15-9-11-24-12-10-15/h1-13H,14H2,(H2,23,27)(H,29,30,31). The minimum absolute atomic E-state index is 0.0551. The number of para-hydroxylation sites is 1. The van der Waals surface area contributed by atoms with Crippen molar-refractivity contribution in [1.29, 1.82) is 0 Å². The molecule has 166 valence electrons. The molecule has 33 heavy (non-hydrogen) atoms. The molecule has 0 spiro atoms. The largest absolute Gasteiger partial charge is 0.487 e. The van der Waals surface area contributed by atoms with Gasteiger partial charge in [0.2, 0.25) is 0 Å². The average molecular weight is 462 g/mol. The summed E-state index contributed by atoms with van der Waals surface area (Å²) in [5.41, 5.74) is 1.59. The number of hydrogen-bond acceptors (Lipinski definition) is 8. The summed E-state index contributed by atoms with van der Waals surface area (Å²) in [6.45, 7) is 0.296. The first-order chi connectivity index (χ1) is 16.0. The molecule has 0 amide bonds. The van der Waals surface area contributed by atoms with Gasteiger partial charge in [0, 0.05) is 23.2 Å². The third kappa shape index (κ3) is 5.00. The Morgan fingerprint density at radius 2 is 1.55 bits per heavy atom. The zero-order valence-electron chi connectivity index (χ0n) is 17.1. The van der Waals surface area contributed by atoms with Crippen molar-refractivity contribution in [3.05, 3.63) is 84.7 Å². The van der Waals surface area contributed by atoms with E-state index in [9.17, 15) is 13.0 Å². The van der Waals surface area contributed by atoms with Crippen LogP contribution in [0.5, 0.6) is 5.75 Å². The van der Waals surface area contributed by atoms with Crippen LogP contribution < -0.4 is 10.6 Å². The van der Waals surface area contributed by atoms with E-state index in [0.29, 0.717) is 23.4 Å². The number of aromatic nitrogens is 1. The summed E-state index contributed by atoms with van der Waals surface area (Å²) in [5.74, 6) is 5.73. The topological polar surface area (TPSA) is 152 Å². The molecule has 3 N–H and O–H groups in total. The second kappa shape index (κ2) is 9.51. The first kappa shape index (κ1) is 22.0. The van der Waals surface area contributed by atoms with E-state index in [0.717, 1.165) is 5.56 Å². The molecule has 1 aromatic heterocycles. The Bertz CT molecular complexity index is 1460. The highest BCUT2D eigenvalue weighted by Gasteiger charge is 2.20. The number of fused-ring (bicyclic) bond motifs is 1. The summed E-state index contributed by atoms with van der Waals surface area (Å²) >= 11 is 0. The maximum Gasteiger partial charge on any atom is 0.295 e. The average Bonchev–Trinajstić information content (AvgIpc) is 2.82. The predicted molar refractivity (Wildman–Crippen MR) is 122 cm³/mol. The van der Waals surface area contributed by atoms with E-state index in [1.54, 1.807) is 54.9 Å². The van der Waals surface area contributed by atoms with Crippen molar-refractivity contribution in [2.24, 2.45) is 26.4 Å². The Kier molecular flexibility index (Phi) is 6.33. The van der Waals surface area contributed by atoms with E-state index in [1.165, 1.54) is 12.1 Å². The molecule has 0 aliphatic heterocycles. The maximum atomic E-state index is 12.0. The van der Waals surface area contributed by atoms with Gasteiger partial charge in [-0.25, -0.2) is 0 Å². The molecule has 11 heteroatoms. The summed E-state index contributed by atoms with van der Waals surface area (Å²) < 4.78 is 39.6. The van der Waals surface area contributed by atoms with Gasteiger partial charge in [-0.1, -0.05) is 41.6 Å². The second-order valence-electron chi connectivity index (χ2n) is 6.79.